The fourth-order valence-electron chi connectivity index (χ4n) is 1.28. The van der Waals surface area contributed by atoms with Gasteiger partial charge in [0.2, 0.25) is 0 Å². The fraction of sp³-hybridized carbons (Fsp3) is 0.400. The molecule has 1 aliphatic rings. The van der Waals surface area contributed by atoms with Crippen LogP contribution >= 0.6 is 0 Å². The van der Waals surface area contributed by atoms with Crippen molar-refractivity contribution in [1.29, 1.82) is 0 Å². The summed E-state index contributed by atoms with van der Waals surface area (Å²) in [5, 5.41) is 0. The Balaban J connectivity index is 2.47. The summed E-state index contributed by atoms with van der Waals surface area (Å²) in [5.74, 6) is -1.58. The van der Waals surface area contributed by atoms with Crippen LogP contribution in [0.5, 0.6) is 0 Å². The van der Waals surface area contributed by atoms with Gasteiger partial charge in [-0.3, -0.25) is 0 Å². The van der Waals surface area contributed by atoms with Crippen molar-refractivity contribution in [3.05, 3.63) is 37.0 Å². The maximum Gasteiger partial charge on any atom is 0.392 e. The summed E-state index contributed by atoms with van der Waals surface area (Å²) in [6, 6.07) is 0. The lowest BCUT2D eigenvalue weighted by molar-refractivity contribution is -0.149. The molecule has 72 valence electrons. The summed E-state index contributed by atoms with van der Waals surface area (Å²) in [7, 11) is 0. The summed E-state index contributed by atoms with van der Waals surface area (Å²) in [6.45, 7) is 7.01. The van der Waals surface area contributed by atoms with E-state index in [0.717, 1.165) is 0 Å². The van der Waals surface area contributed by atoms with Gasteiger partial charge in [0.1, 0.15) is 0 Å². The van der Waals surface area contributed by atoms with Gasteiger partial charge in [-0.15, -0.1) is 0 Å². The number of rotatable bonds is 3. The van der Waals surface area contributed by atoms with Crippen molar-refractivity contribution >= 4 is 0 Å². The van der Waals surface area contributed by atoms with E-state index in [1.54, 1.807) is 12.2 Å². The standard InChI is InChI=1S/C10H11F3/c1-3-4-5-7(2)8-6-9(8)10(11,12)13/h3-5,8-9H,1-2,6H2/b5-4-/t8?,9-/m1/s1. The van der Waals surface area contributed by atoms with Gasteiger partial charge >= 0.3 is 6.18 Å². The Kier molecular flexibility index (Phi) is 2.64. The van der Waals surface area contributed by atoms with Gasteiger partial charge in [0.05, 0.1) is 5.92 Å². The molecule has 0 bridgehead atoms. The highest BCUT2D eigenvalue weighted by Crippen LogP contribution is 2.53. The molecule has 1 aliphatic carbocycles. The first-order valence-corrected chi connectivity index (χ1v) is 4.01. The summed E-state index contributed by atoms with van der Waals surface area (Å²) in [4.78, 5) is 0. The molecular weight excluding hydrogens is 177 g/mol. The normalized spacial score (nSPS) is 27.6. The van der Waals surface area contributed by atoms with Crippen LogP contribution in [0.4, 0.5) is 13.2 Å². The quantitative estimate of drug-likeness (QED) is 0.595. The van der Waals surface area contributed by atoms with Gasteiger partial charge in [-0.2, -0.15) is 13.2 Å². The van der Waals surface area contributed by atoms with Crippen molar-refractivity contribution in [3.8, 4) is 0 Å². The summed E-state index contributed by atoms with van der Waals surface area (Å²) >= 11 is 0. The maximum absolute atomic E-state index is 12.1. The number of alkyl halides is 3. The topological polar surface area (TPSA) is 0 Å². The number of hydrogen-bond acceptors (Lipinski definition) is 0. The zero-order chi connectivity index (χ0) is 10.1. The third kappa shape index (κ3) is 2.47. The highest BCUT2D eigenvalue weighted by molar-refractivity contribution is 5.26. The third-order valence-electron chi connectivity index (χ3n) is 2.13. The third-order valence-corrected chi connectivity index (χ3v) is 2.13. The van der Waals surface area contributed by atoms with E-state index in [2.05, 4.69) is 13.2 Å². The molecule has 0 N–H and O–H groups in total. The predicted octanol–water partition coefficient (Wildman–Crippen LogP) is 3.48. The molecule has 0 aromatic heterocycles. The lowest BCUT2D eigenvalue weighted by atomic mass is 10.1. The van der Waals surface area contributed by atoms with Crippen LogP contribution in [0.25, 0.3) is 0 Å². The van der Waals surface area contributed by atoms with E-state index in [4.69, 9.17) is 0 Å². The van der Waals surface area contributed by atoms with Gasteiger partial charge in [-0.05, 0) is 12.3 Å². The van der Waals surface area contributed by atoms with Crippen molar-refractivity contribution in [3.63, 3.8) is 0 Å². The smallest absolute Gasteiger partial charge is 0.171 e. The molecule has 0 aliphatic heterocycles. The van der Waals surface area contributed by atoms with Crippen molar-refractivity contribution in [2.24, 2.45) is 11.8 Å². The lowest BCUT2D eigenvalue weighted by Gasteiger charge is -2.04. The molecule has 0 radical (unpaired) electrons. The Labute approximate surface area is 75.4 Å². The monoisotopic (exact) mass is 188 g/mol. The second-order valence-corrected chi connectivity index (χ2v) is 3.16. The zero-order valence-electron chi connectivity index (χ0n) is 7.14. The zero-order valence-corrected chi connectivity index (χ0v) is 7.14. The average Bonchev–Trinajstić information content (AvgIpc) is 2.77. The Morgan fingerprint density at radius 1 is 1.38 bits per heavy atom. The van der Waals surface area contributed by atoms with Gasteiger partial charge < -0.3 is 0 Å². The van der Waals surface area contributed by atoms with E-state index < -0.39 is 18.0 Å². The van der Waals surface area contributed by atoms with Crippen LogP contribution in [-0.4, -0.2) is 6.18 Å². The van der Waals surface area contributed by atoms with Crippen molar-refractivity contribution in [2.75, 3.05) is 0 Å². The van der Waals surface area contributed by atoms with Gasteiger partial charge in [0.15, 0.2) is 0 Å². The Hall–Kier alpha value is -0.990. The molecule has 0 aromatic rings. The largest absolute Gasteiger partial charge is 0.392 e. The predicted molar refractivity (Wildman–Crippen MR) is 46.1 cm³/mol. The Morgan fingerprint density at radius 2 is 2.00 bits per heavy atom. The Bertz CT molecular complexity index is 247. The van der Waals surface area contributed by atoms with Crippen molar-refractivity contribution in [2.45, 2.75) is 12.6 Å². The SMILES string of the molecule is C=C/C=C\C(=C)C1C[C@H]1C(F)(F)F. The summed E-state index contributed by atoms with van der Waals surface area (Å²) in [5.41, 5.74) is 0.544. The molecule has 0 spiro atoms. The second-order valence-electron chi connectivity index (χ2n) is 3.16. The lowest BCUT2D eigenvalue weighted by Crippen LogP contribution is -2.12. The minimum absolute atomic E-state index is 0.184. The number of hydrogen-bond donors (Lipinski definition) is 0. The van der Waals surface area contributed by atoms with Crippen LogP contribution in [-0.2, 0) is 0 Å². The number of allylic oxidation sites excluding steroid dienone is 4. The maximum atomic E-state index is 12.1. The molecule has 1 fully saturated rings. The molecule has 3 heteroatoms. The van der Waals surface area contributed by atoms with Crippen LogP contribution in [0, 0.1) is 11.8 Å². The molecule has 0 heterocycles. The first kappa shape index (κ1) is 10.1. The van der Waals surface area contributed by atoms with Gasteiger partial charge in [0.25, 0.3) is 0 Å². The van der Waals surface area contributed by atoms with E-state index in [1.807, 2.05) is 0 Å². The average molecular weight is 188 g/mol. The van der Waals surface area contributed by atoms with Crippen molar-refractivity contribution < 1.29 is 13.2 Å². The first-order chi connectivity index (χ1) is 5.96. The van der Waals surface area contributed by atoms with Gasteiger partial charge in [-0.25, -0.2) is 0 Å². The molecule has 13 heavy (non-hydrogen) atoms. The van der Waals surface area contributed by atoms with Crippen LogP contribution in [0.2, 0.25) is 0 Å². The van der Waals surface area contributed by atoms with E-state index in [1.165, 1.54) is 6.08 Å². The van der Waals surface area contributed by atoms with Gasteiger partial charge in [0, 0.05) is 0 Å². The van der Waals surface area contributed by atoms with Crippen LogP contribution in [0.1, 0.15) is 6.42 Å². The molecule has 1 unspecified atom stereocenters. The van der Waals surface area contributed by atoms with Crippen LogP contribution in [0.15, 0.2) is 37.0 Å². The highest BCUT2D eigenvalue weighted by atomic mass is 19.4. The molecule has 0 nitrogen and oxygen atoms in total. The molecule has 1 saturated carbocycles. The fourth-order valence-corrected chi connectivity index (χ4v) is 1.28. The van der Waals surface area contributed by atoms with Crippen LogP contribution in [0.3, 0.4) is 0 Å². The van der Waals surface area contributed by atoms with E-state index in [9.17, 15) is 13.2 Å². The van der Waals surface area contributed by atoms with Gasteiger partial charge in [-0.1, -0.05) is 37.0 Å². The molecule has 2 atom stereocenters. The molecule has 0 aromatic carbocycles. The highest BCUT2D eigenvalue weighted by Gasteiger charge is 2.55. The second kappa shape index (κ2) is 3.40. The van der Waals surface area contributed by atoms with Crippen LogP contribution < -0.4 is 0 Å². The molecular formula is C10H11F3. The first-order valence-electron chi connectivity index (χ1n) is 4.01. The minimum atomic E-state index is -4.06. The van der Waals surface area contributed by atoms with E-state index >= 15 is 0 Å². The molecule has 0 saturated heterocycles. The summed E-state index contributed by atoms with van der Waals surface area (Å²) < 4.78 is 36.3. The Morgan fingerprint density at radius 3 is 2.38 bits per heavy atom. The summed E-state index contributed by atoms with van der Waals surface area (Å²) in [6.07, 6.45) is 0.840. The van der Waals surface area contributed by atoms with Crippen molar-refractivity contribution in [1.82, 2.24) is 0 Å². The van der Waals surface area contributed by atoms with E-state index in [-0.39, 0.29) is 6.42 Å². The molecule has 1 rings (SSSR count). The minimum Gasteiger partial charge on any atom is -0.171 e. The number of halogens is 3. The molecule has 0 amide bonds. The van der Waals surface area contributed by atoms with E-state index in [0.29, 0.717) is 5.57 Å².